The fourth-order valence-electron chi connectivity index (χ4n) is 3.27. The molecule has 2 heterocycles. The first kappa shape index (κ1) is 19.5. The van der Waals surface area contributed by atoms with E-state index in [1.165, 1.54) is 18.5 Å². The summed E-state index contributed by atoms with van der Waals surface area (Å²) in [4.78, 5) is 23.0. The molecule has 0 aliphatic heterocycles. The molecule has 1 amide bonds. The lowest BCUT2D eigenvalue weighted by Gasteiger charge is -2.19. The molecule has 2 aromatic heterocycles. The number of benzene rings is 2. The Kier molecular flexibility index (Phi) is 5.14. The number of fused-ring (bicyclic) bond motifs is 1. The second-order valence-corrected chi connectivity index (χ2v) is 7.12. The Balaban J connectivity index is 1.57. The molecule has 8 heteroatoms. The monoisotopic (exact) mass is 404 g/mol. The highest BCUT2D eigenvalue weighted by Crippen LogP contribution is 2.24. The third-order valence-corrected chi connectivity index (χ3v) is 5.04. The van der Waals surface area contributed by atoms with Crippen LogP contribution < -0.4 is 10.2 Å². The van der Waals surface area contributed by atoms with Gasteiger partial charge in [-0.15, -0.1) is 0 Å². The first-order valence-electron chi connectivity index (χ1n) is 9.46. The zero-order chi connectivity index (χ0) is 21.3. The van der Waals surface area contributed by atoms with Gasteiger partial charge in [0.2, 0.25) is 5.91 Å². The third kappa shape index (κ3) is 3.71. The molecule has 0 radical (unpaired) electrons. The number of nitrogens with zero attached hydrogens (tertiary/aromatic N) is 5. The minimum Gasteiger partial charge on any atom is -0.350 e. The number of aromatic nitrogens is 4. The number of carbonyl (C=O) groups is 1. The average Bonchev–Trinajstić information content (AvgIpc) is 3.16. The number of nitrogens with one attached hydrogen (secondary N) is 1. The van der Waals surface area contributed by atoms with Gasteiger partial charge in [0.15, 0.2) is 5.65 Å². The van der Waals surface area contributed by atoms with Gasteiger partial charge in [0.1, 0.15) is 18.0 Å². The highest BCUT2D eigenvalue weighted by atomic mass is 19.1. The molecule has 1 N–H and O–H groups in total. The van der Waals surface area contributed by atoms with Crippen LogP contribution in [0.1, 0.15) is 11.1 Å². The summed E-state index contributed by atoms with van der Waals surface area (Å²) in [5.41, 5.74) is 4.22. The lowest BCUT2D eigenvalue weighted by atomic mass is 10.1. The number of aryl methyl sites for hydroxylation is 1. The van der Waals surface area contributed by atoms with Crippen molar-refractivity contribution in [3.8, 4) is 5.69 Å². The molecule has 30 heavy (non-hydrogen) atoms. The van der Waals surface area contributed by atoms with Gasteiger partial charge in [0.25, 0.3) is 0 Å². The molecule has 2 aromatic carbocycles. The molecule has 0 aliphatic carbocycles. The van der Waals surface area contributed by atoms with Crippen LogP contribution in [0.15, 0.2) is 55.0 Å². The number of carbonyl (C=O) groups excluding carboxylic acids is 1. The van der Waals surface area contributed by atoms with Crippen LogP contribution in [0.25, 0.3) is 16.7 Å². The van der Waals surface area contributed by atoms with E-state index in [1.54, 1.807) is 35.0 Å². The highest BCUT2D eigenvalue weighted by Gasteiger charge is 2.16. The second kappa shape index (κ2) is 7.90. The Morgan fingerprint density at radius 2 is 1.90 bits per heavy atom. The van der Waals surface area contributed by atoms with Crippen molar-refractivity contribution in [1.82, 2.24) is 19.7 Å². The topological polar surface area (TPSA) is 75.9 Å². The quantitative estimate of drug-likeness (QED) is 0.550. The van der Waals surface area contributed by atoms with E-state index in [-0.39, 0.29) is 18.3 Å². The summed E-state index contributed by atoms with van der Waals surface area (Å²) < 4.78 is 14.9. The van der Waals surface area contributed by atoms with Gasteiger partial charge in [0.05, 0.1) is 23.8 Å². The molecular formula is C22H21FN6O. The minimum absolute atomic E-state index is 0.112. The molecule has 4 aromatic rings. The average molecular weight is 404 g/mol. The Morgan fingerprint density at radius 1 is 1.13 bits per heavy atom. The molecule has 0 atom stereocenters. The molecule has 0 unspecified atom stereocenters. The lowest BCUT2D eigenvalue weighted by Crippen LogP contribution is -2.31. The predicted octanol–water partition coefficient (Wildman–Crippen LogP) is 3.65. The lowest BCUT2D eigenvalue weighted by molar-refractivity contribution is -0.114. The summed E-state index contributed by atoms with van der Waals surface area (Å²) in [6.07, 6.45) is 3.08. The standard InChI is InChI=1S/C22H21FN6O/c1-14-5-4-6-19(15(14)2)27-20(30)12-28(3)21-18-11-26-29(22(18)25-13-24-21)17-9-7-16(23)8-10-17/h4-11,13H,12H2,1-3H3,(H,27,30). The summed E-state index contributed by atoms with van der Waals surface area (Å²) in [5, 5.41) is 8.02. The smallest absolute Gasteiger partial charge is 0.243 e. The Morgan fingerprint density at radius 3 is 2.67 bits per heavy atom. The Bertz CT molecular complexity index is 1220. The minimum atomic E-state index is -0.319. The summed E-state index contributed by atoms with van der Waals surface area (Å²) in [5.74, 6) is 0.119. The van der Waals surface area contributed by atoms with E-state index in [9.17, 15) is 9.18 Å². The molecular weight excluding hydrogens is 383 g/mol. The first-order chi connectivity index (χ1) is 14.4. The Labute approximate surface area is 173 Å². The van der Waals surface area contributed by atoms with Crippen molar-refractivity contribution in [1.29, 1.82) is 0 Å². The van der Waals surface area contributed by atoms with Crippen LogP contribution in [-0.2, 0) is 4.79 Å². The van der Waals surface area contributed by atoms with Crippen molar-refractivity contribution >= 4 is 28.4 Å². The second-order valence-electron chi connectivity index (χ2n) is 7.12. The van der Waals surface area contributed by atoms with Gasteiger partial charge in [0, 0.05) is 12.7 Å². The number of hydrogen-bond donors (Lipinski definition) is 1. The molecule has 4 rings (SSSR count). The van der Waals surface area contributed by atoms with Crippen LogP contribution in [0.5, 0.6) is 0 Å². The van der Waals surface area contributed by atoms with E-state index in [1.807, 2.05) is 32.0 Å². The fraction of sp³-hybridized carbons (Fsp3) is 0.182. The van der Waals surface area contributed by atoms with Gasteiger partial charge >= 0.3 is 0 Å². The van der Waals surface area contributed by atoms with E-state index in [4.69, 9.17) is 0 Å². The number of rotatable bonds is 5. The summed E-state index contributed by atoms with van der Waals surface area (Å²) in [6, 6.07) is 11.8. The molecule has 0 spiro atoms. The van der Waals surface area contributed by atoms with Gasteiger partial charge in [-0.05, 0) is 55.3 Å². The van der Waals surface area contributed by atoms with Gasteiger partial charge < -0.3 is 10.2 Å². The molecule has 0 aliphatic rings. The molecule has 0 saturated heterocycles. The van der Waals surface area contributed by atoms with Crippen molar-refractivity contribution in [2.45, 2.75) is 13.8 Å². The van der Waals surface area contributed by atoms with E-state index in [2.05, 4.69) is 20.4 Å². The van der Waals surface area contributed by atoms with Crippen LogP contribution in [0.3, 0.4) is 0 Å². The molecule has 0 fully saturated rings. The highest BCUT2D eigenvalue weighted by molar-refractivity contribution is 5.96. The fourth-order valence-corrected chi connectivity index (χ4v) is 3.27. The van der Waals surface area contributed by atoms with Crippen molar-refractivity contribution in [2.24, 2.45) is 0 Å². The first-order valence-corrected chi connectivity index (χ1v) is 9.46. The van der Waals surface area contributed by atoms with Crippen LogP contribution in [0.2, 0.25) is 0 Å². The van der Waals surface area contributed by atoms with Gasteiger partial charge in [-0.1, -0.05) is 12.1 Å². The number of halogens is 1. The maximum atomic E-state index is 13.2. The van der Waals surface area contributed by atoms with E-state index >= 15 is 0 Å². The van der Waals surface area contributed by atoms with Crippen LogP contribution in [-0.4, -0.2) is 39.2 Å². The summed E-state index contributed by atoms with van der Waals surface area (Å²) in [7, 11) is 1.79. The van der Waals surface area contributed by atoms with Crippen molar-refractivity contribution < 1.29 is 9.18 Å². The van der Waals surface area contributed by atoms with E-state index in [0.29, 0.717) is 22.5 Å². The van der Waals surface area contributed by atoms with Gasteiger partial charge in [-0.3, -0.25) is 4.79 Å². The zero-order valence-electron chi connectivity index (χ0n) is 16.9. The summed E-state index contributed by atoms with van der Waals surface area (Å²) >= 11 is 0. The van der Waals surface area contributed by atoms with Crippen LogP contribution in [0, 0.1) is 19.7 Å². The van der Waals surface area contributed by atoms with E-state index < -0.39 is 0 Å². The zero-order valence-corrected chi connectivity index (χ0v) is 16.9. The normalized spacial score (nSPS) is 10.9. The maximum Gasteiger partial charge on any atom is 0.243 e. The largest absolute Gasteiger partial charge is 0.350 e. The number of anilines is 2. The van der Waals surface area contributed by atoms with Gasteiger partial charge in [-0.2, -0.15) is 5.10 Å². The molecule has 0 bridgehead atoms. The predicted molar refractivity (Wildman–Crippen MR) is 114 cm³/mol. The van der Waals surface area contributed by atoms with E-state index in [0.717, 1.165) is 16.8 Å². The van der Waals surface area contributed by atoms with Crippen molar-refractivity contribution in [2.75, 3.05) is 23.8 Å². The van der Waals surface area contributed by atoms with Gasteiger partial charge in [-0.25, -0.2) is 19.0 Å². The number of amides is 1. The number of hydrogen-bond acceptors (Lipinski definition) is 5. The molecule has 7 nitrogen and oxygen atoms in total. The Hall–Kier alpha value is -3.81. The van der Waals surface area contributed by atoms with Crippen LogP contribution >= 0.6 is 0 Å². The molecule has 152 valence electrons. The van der Waals surface area contributed by atoms with Crippen molar-refractivity contribution in [3.63, 3.8) is 0 Å². The molecule has 0 saturated carbocycles. The third-order valence-electron chi connectivity index (χ3n) is 5.04. The van der Waals surface area contributed by atoms with Crippen LogP contribution in [0.4, 0.5) is 15.9 Å². The van der Waals surface area contributed by atoms with Crippen molar-refractivity contribution in [3.05, 3.63) is 71.9 Å². The SMILES string of the molecule is Cc1cccc(NC(=O)CN(C)c2ncnc3c2cnn3-c2ccc(F)cc2)c1C. The summed E-state index contributed by atoms with van der Waals surface area (Å²) in [6.45, 7) is 4.10. The number of likely N-dealkylation sites (N-methyl/N-ethyl adjacent to an activating group) is 1. The maximum absolute atomic E-state index is 13.2.